The van der Waals surface area contributed by atoms with Crippen molar-refractivity contribution in [3.05, 3.63) is 12.3 Å². The normalized spacial score (nSPS) is 23.9. The Labute approximate surface area is 110 Å². The van der Waals surface area contributed by atoms with Crippen LogP contribution in [0.1, 0.15) is 26.7 Å². The number of anilines is 1. The van der Waals surface area contributed by atoms with E-state index in [4.69, 9.17) is 4.74 Å². The van der Waals surface area contributed by atoms with Gasteiger partial charge in [0.25, 0.3) is 0 Å². The maximum absolute atomic E-state index is 11.3. The summed E-state index contributed by atoms with van der Waals surface area (Å²) in [5.41, 5.74) is 0. The predicted molar refractivity (Wildman–Crippen MR) is 72.3 cm³/mol. The Kier molecular flexibility index (Phi) is 4.52. The van der Waals surface area contributed by atoms with Gasteiger partial charge < -0.3 is 10.1 Å². The molecule has 0 amide bonds. The molecular formula is C12H19N3O2S. The molecule has 0 saturated carbocycles. The second kappa shape index (κ2) is 6.13. The highest BCUT2D eigenvalue weighted by atomic mass is 32.2. The van der Waals surface area contributed by atoms with Crippen molar-refractivity contribution >= 4 is 16.7 Å². The van der Waals surface area contributed by atoms with Crippen molar-refractivity contribution in [1.82, 2.24) is 9.97 Å². The van der Waals surface area contributed by atoms with Crippen LogP contribution in [0, 0.1) is 0 Å². The van der Waals surface area contributed by atoms with E-state index in [0.717, 1.165) is 24.3 Å². The molecule has 0 atom stereocenters. The lowest BCUT2D eigenvalue weighted by molar-refractivity contribution is 0.232. The summed E-state index contributed by atoms with van der Waals surface area (Å²) in [6.07, 6.45) is 3.61. The van der Waals surface area contributed by atoms with Gasteiger partial charge in [-0.3, -0.25) is 4.21 Å². The average molecular weight is 269 g/mol. The first-order valence-corrected chi connectivity index (χ1v) is 7.73. The number of ether oxygens (including phenoxy) is 1. The molecule has 1 aromatic heterocycles. The van der Waals surface area contributed by atoms with Crippen molar-refractivity contribution in [3.63, 3.8) is 0 Å². The van der Waals surface area contributed by atoms with Gasteiger partial charge in [0.05, 0.1) is 6.10 Å². The second-order valence-electron chi connectivity index (χ2n) is 4.65. The minimum atomic E-state index is -0.637. The first-order valence-electron chi connectivity index (χ1n) is 6.24. The van der Waals surface area contributed by atoms with Crippen molar-refractivity contribution < 1.29 is 8.95 Å². The van der Waals surface area contributed by atoms with E-state index in [1.165, 1.54) is 0 Å². The van der Waals surface area contributed by atoms with Gasteiger partial charge in [-0.05, 0) is 26.7 Å². The molecule has 100 valence electrons. The topological polar surface area (TPSA) is 64.1 Å². The first kappa shape index (κ1) is 13.3. The molecule has 2 heterocycles. The van der Waals surface area contributed by atoms with Gasteiger partial charge in [-0.1, -0.05) is 0 Å². The Morgan fingerprint density at radius 3 is 2.83 bits per heavy atom. The van der Waals surface area contributed by atoms with Crippen molar-refractivity contribution in [1.29, 1.82) is 0 Å². The molecule has 1 aliphatic rings. The van der Waals surface area contributed by atoms with E-state index in [1.807, 2.05) is 13.8 Å². The van der Waals surface area contributed by atoms with Crippen LogP contribution in [-0.4, -0.2) is 37.8 Å². The monoisotopic (exact) mass is 269 g/mol. The van der Waals surface area contributed by atoms with Gasteiger partial charge in [-0.15, -0.1) is 0 Å². The third kappa shape index (κ3) is 3.94. The minimum Gasteiger partial charge on any atom is -0.475 e. The SMILES string of the molecule is CC(C)Oc1ccnc(NC2CCS(=O)CC2)n1. The highest BCUT2D eigenvalue weighted by molar-refractivity contribution is 7.85. The average Bonchev–Trinajstić information content (AvgIpc) is 2.32. The smallest absolute Gasteiger partial charge is 0.226 e. The summed E-state index contributed by atoms with van der Waals surface area (Å²) < 4.78 is 16.8. The van der Waals surface area contributed by atoms with Crippen LogP contribution >= 0.6 is 0 Å². The summed E-state index contributed by atoms with van der Waals surface area (Å²) in [7, 11) is -0.637. The molecule has 1 aromatic rings. The Balaban J connectivity index is 1.94. The first-order chi connectivity index (χ1) is 8.63. The molecule has 1 aliphatic heterocycles. The summed E-state index contributed by atoms with van der Waals surface area (Å²) in [6, 6.07) is 2.07. The Morgan fingerprint density at radius 2 is 2.17 bits per heavy atom. The van der Waals surface area contributed by atoms with Crippen molar-refractivity contribution in [2.75, 3.05) is 16.8 Å². The molecular weight excluding hydrogens is 250 g/mol. The van der Waals surface area contributed by atoms with Crippen LogP contribution in [0.25, 0.3) is 0 Å². The molecule has 1 saturated heterocycles. The van der Waals surface area contributed by atoms with Crippen LogP contribution in [0.5, 0.6) is 5.88 Å². The Bertz CT molecular complexity index is 416. The van der Waals surface area contributed by atoms with Crippen LogP contribution in [-0.2, 0) is 10.8 Å². The van der Waals surface area contributed by atoms with Gasteiger partial charge in [0, 0.05) is 40.6 Å². The fourth-order valence-electron chi connectivity index (χ4n) is 1.84. The second-order valence-corrected chi connectivity index (χ2v) is 6.35. The largest absolute Gasteiger partial charge is 0.475 e. The zero-order chi connectivity index (χ0) is 13.0. The number of rotatable bonds is 4. The third-order valence-electron chi connectivity index (χ3n) is 2.71. The molecule has 18 heavy (non-hydrogen) atoms. The number of hydrogen-bond donors (Lipinski definition) is 1. The molecule has 0 bridgehead atoms. The van der Waals surface area contributed by atoms with Gasteiger partial charge in [0.2, 0.25) is 11.8 Å². The van der Waals surface area contributed by atoms with Crippen molar-refractivity contribution in [3.8, 4) is 5.88 Å². The van der Waals surface area contributed by atoms with Crippen LogP contribution in [0.4, 0.5) is 5.95 Å². The number of hydrogen-bond acceptors (Lipinski definition) is 5. The maximum Gasteiger partial charge on any atom is 0.226 e. The molecule has 1 fully saturated rings. The Hall–Kier alpha value is -1.17. The molecule has 2 rings (SSSR count). The highest BCUT2D eigenvalue weighted by Crippen LogP contribution is 2.15. The fraction of sp³-hybridized carbons (Fsp3) is 0.667. The van der Waals surface area contributed by atoms with E-state index in [1.54, 1.807) is 12.3 Å². The predicted octanol–water partition coefficient (Wildman–Crippen LogP) is 1.59. The van der Waals surface area contributed by atoms with Crippen LogP contribution in [0.2, 0.25) is 0 Å². The lowest BCUT2D eigenvalue weighted by atomic mass is 10.2. The molecule has 1 N–H and O–H groups in total. The molecule has 0 spiro atoms. The summed E-state index contributed by atoms with van der Waals surface area (Å²) in [6.45, 7) is 3.93. The van der Waals surface area contributed by atoms with Crippen LogP contribution < -0.4 is 10.1 Å². The van der Waals surface area contributed by atoms with E-state index in [-0.39, 0.29) is 6.10 Å². The summed E-state index contributed by atoms with van der Waals surface area (Å²) >= 11 is 0. The Morgan fingerprint density at radius 1 is 1.44 bits per heavy atom. The van der Waals surface area contributed by atoms with Crippen LogP contribution in [0.15, 0.2) is 12.3 Å². The van der Waals surface area contributed by atoms with Crippen molar-refractivity contribution in [2.24, 2.45) is 0 Å². The van der Waals surface area contributed by atoms with E-state index in [9.17, 15) is 4.21 Å². The summed E-state index contributed by atoms with van der Waals surface area (Å²) in [4.78, 5) is 8.49. The summed E-state index contributed by atoms with van der Waals surface area (Å²) in [5, 5.41) is 3.28. The fourth-order valence-corrected chi connectivity index (χ4v) is 3.14. The van der Waals surface area contributed by atoms with E-state index < -0.39 is 10.8 Å². The maximum atomic E-state index is 11.3. The zero-order valence-corrected chi connectivity index (χ0v) is 11.6. The molecule has 0 aliphatic carbocycles. The molecule has 0 aromatic carbocycles. The van der Waals surface area contributed by atoms with E-state index in [2.05, 4.69) is 15.3 Å². The third-order valence-corrected chi connectivity index (χ3v) is 4.09. The number of aromatic nitrogens is 2. The van der Waals surface area contributed by atoms with Crippen LogP contribution in [0.3, 0.4) is 0 Å². The van der Waals surface area contributed by atoms with E-state index in [0.29, 0.717) is 17.9 Å². The number of nitrogens with zero attached hydrogens (tertiary/aromatic N) is 2. The van der Waals surface area contributed by atoms with Gasteiger partial charge in [0.1, 0.15) is 0 Å². The van der Waals surface area contributed by atoms with Gasteiger partial charge in [-0.2, -0.15) is 4.98 Å². The minimum absolute atomic E-state index is 0.102. The molecule has 6 heteroatoms. The molecule has 0 unspecified atom stereocenters. The lowest BCUT2D eigenvalue weighted by Gasteiger charge is -2.22. The standard InChI is InChI=1S/C12H19N3O2S/c1-9(2)17-11-3-6-13-12(15-11)14-10-4-7-18(16)8-5-10/h3,6,9-10H,4-5,7-8H2,1-2H3,(H,13,14,15). The lowest BCUT2D eigenvalue weighted by Crippen LogP contribution is -2.30. The van der Waals surface area contributed by atoms with Gasteiger partial charge in [0.15, 0.2) is 0 Å². The van der Waals surface area contributed by atoms with Gasteiger partial charge >= 0.3 is 0 Å². The highest BCUT2D eigenvalue weighted by Gasteiger charge is 2.18. The molecule has 5 nitrogen and oxygen atoms in total. The summed E-state index contributed by atoms with van der Waals surface area (Å²) in [5.74, 6) is 2.70. The quantitative estimate of drug-likeness (QED) is 0.899. The molecule has 0 radical (unpaired) electrons. The number of nitrogens with one attached hydrogen (secondary N) is 1. The van der Waals surface area contributed by atoms with Gasteiger partial charge in [-0.25, -0.2) is 4.98 Å². The van der Waals surface area contributed by atoms with Crippen molar-refractivity contribution in [2.45, 2.75) is 38.8 Å². The van der Waals surface area contributed by atoms with E-state index >= 15 is 0 Å². The zero-order valence-electron chi connectivity index (χ0n) is 10.8.